The number of nitrogens with zero attached hydrogens (tertiary/aromatic N) is 2. The summed E-state index contributed by atoms with van der Waals surface area (Å²) in [5.74, 6) is 0. The molecule has 0 unspecified atom stereocenters. The van der Waals surface area contributed by atoms with E-state index in [1.165, 1.54) is 0 Å². The molecule has 2 aromatic rings. The molecule has 8 heteroatoms. The molecule has 0 aliphatic heterocycles. The lowest BCUT2D eigenvalue weighted by Crippen LogP contribution is -2.31. The molecule has 0 radical (unpaired) electrons. The van der Waals surface area contributed by atoms with E-state index >= 15 is 0 Å². The topological polar surface area (TPSA) is 98.0 Å². The van der Waals surface area contributed by atoms with E-state index < -0.39 is 21.9 Å². The number of nitro groups is 1. The molecule has 18 heavy (non-hydrogen) atoms. The molecule has 0 atom stereocenters. The highest BCUT2D eigenvalue weighted by Crippen LogP contribution is 2.10. The molecule has 1 N–H and O–H groups in total. The van der Waals surface area contributed by atoms with E-state index in [4.69, 9.17) is 0 Å². The molecule has 0 saturated heterocycles. The van der Waals surface area contributed by atoms with Crippen molar-refractivity contribution in [3.05, 3.63) is 59.5 Å². The Morgan fingerprint density at radius 2 is 2.22 bits per heavy atom. The van der Waals surface area contributed by atoms with Gasteiger partial charge in [0.05, 0.1) is 11.1 Å². The van der Waals surface area contributed by atoms with Gasteiger partial charge in [0.2, 0.25) is 0 Å². The Kier molecular flexibility index (Phi) is 3.38. The predicted octanol–water partition coefficient (Wildman–Crippen LogP) is 0.749. The summed E-state index contributed by atoms with van der Waals surface area (Å²) in [7, 11) is 0. The van der Waals surface area contributed by atoms with Crippen LogP contribution >= 0.6 is 11.3 Å². The van der Waals surface area contributed by atoms with Gasteiger partial charge in [0, 0.05) is 11.4 Å². The van der Waals surface area contributed by atoms with Gasteiger partial charge in [0.25, 0.3) is 0 Å². The standard InChI is InChI=1S/C10H9N3O4S/c14-9-8(13(16)17)6-12(10(15)11-9)4-3-7-2-1-5-18-7/h1-2,5-6H,3-4H2,(H,11,14,15). The van der Waals surface area contributed by atoms with E-state index in [1.807, 2.05) is 22.5 Å². The molecule has 2 aromatic heterocycles. The third-order valence-corrected chi connectivity index (χ3v) is 3.30. The Balaban J connectivity index is 2.28. The maximum atomic E-state index is 11.5. The third-order valence-electron chi connectivity index (χ3n) is 2.37. The Bertz CT molecular complexity index is 671. The minimum Gasteiger partial charge on any atom is -0.293 e. The van der Waals surface area contributed by atoms with Crippen LogP contribution in [0.25, 0.3) is 0 Å². The van der Waals surface area contributed by atoms with E-state index in [1.54, 1.807) is 11.3 Å². The number of nitrogens with one attached hydrogen (secondary N) is 1. The third kappa shape index (κ3) is 2.54. The number of rotatable bonds is 4. The summed E-state index contributed by atoms with van der Waals surface area (Å²) in [5.41, 5.74) is -2.24. The molecular formula is C10H9N3O4S. The van der Waals surface area contributed by atoms with Crippen LogP contribution < -0.4 is 11.2 Å². The van der Waals surface area contributed by atoms with Crippen LogP contribution in [0.5, 0.6) is 0 Å². The van der Waals surface area contributed by atoms with Crippen molar-refractivity contribution in [3.8, 4) is 0 Å². The molecule has 0 amide bonds. The summed E-state index contributed by atoms with van der Waals surface area (Å²) in [4.78, 5) is 35.4. The summed E-state index contributed by atoms with van der Waals surface area (Å²) in [5, 5.41) is 12.5. The zero-order valence-corrected chi connectivity index (χ0v) is 9.98. The number of aromatic amines is 1. The lowest BCUT2D eigenvalue weighted by molar-refractivity contribution is -0.386. The lowest BCUT2D eigenvalue weighted by Gasteiger charge is -2.02. The van der Waals surface area contributed by atoms with Gasteiger partial charge in [0.15, 0.2) is 0 Å². The lowest BCUT2D eigenvalue weighted by atomic mass is 10.3. The van der Waals surface area contributed by atoms with Crippen LogP contribution in [0.15, 0.2) is 33.3 Å². The second kappa shape index (κ2) is 4.96. The smallest absolute Gasteiger partial charge is 0.293 e. The molecule has 0 aliphatic rings. The number of hydrogen-bond donors (Lipinski definition) is 1. The molecule has 0 aliphatic carbocycles. The Labute approximate surface area is 104 Å². The van der Waals surface area contributed by atoms with Crippen molar-refractivity contribution in [2.24, 2.45) is 0 Å². The monoisotopic (exact) mass is 267 g/mol. The van der Waals surface area contributed by atoms with E-state index in [2.05, 4.69) is 0 Å². The van der Waals surface area contributed by atoms with Crippen molar-refractivity contribution in [3.63, 3.8) is 0 Å². The number of thiophene rings is 1. The molecule has 0 saturated carbocycles. The second-order valence-corrected chi connectivity index (χ2v) is 4.59. The quantitative estimate of drug-likeness (QED) is 0.652. The Morgan fingerprint density at radius 3 is 2.83 bits per heavy atom. The van der Waals surface area contributed by atoms with Crippen LogP contribution in [0.2, 0.25) is 0 Å². The first-order valence-corrected chi connectivity index (χ1v) is 5.96. The van der Waals surface area contributed by atoms with Crippen molar-refractivity contribution in [1.29, 1.82) is 0 Å². The van der Waals surface area contributed by atoms with Crippen LogP contribution in [-0.4, -0.2) is 14.5 Å². The zero-order valence-electron chi connectivity index (χ0n) is 9.16. The van der Waals surface area contributed by atoms with Crippen molar-refractivity contribution in [2.75, 3.05) is 0 Å². The predicted molar refractivity (Wildman–Crippen MR) is 66.0 cm³/mol. The average molecular weight is 267 g/mol. The van der Waals surface area contributed by atoms with E-state index in [9.17, 15) is 19.7 Å². The fourth-order valence-corrected chi connectivity index (χ4v) is 2.18. The van der Waals surface area contributed by atoms with Gasteiger partial charge in [-0.1, -0.05) is 6.07 Å². The molecule has 0 fully saturated rings. The van der Waals surface area contributed by atoms with Gasteiger partial charge in [-0.15, -0.1) is 11.3 Å². The van der Waals surface area contributed by atoms with Crippen LogP contribution in [0.1, 0.15) is 4.88 Å². The molecule has 2 heterocycles. The molecule has 2 rings (SSSR count). The van der Waals surface area contributed by atoms with Crippen LogP contribution in [0.3, 0.4) is 0 Å². The van der Waals surface area contributed by atoms with E-state index in [0.717, 1.165) is 15.6 Å². The SMILES string of the molecule is O=c1[nH]c(=O)n(CCc2cccs2)cc1[N+](=O)[O-]. The summed E-state index contributed by atoms with van der Waals surface area (Å²) >= 11 is 1.54. The second-order valence-electron chi connectivity index (χ2n) is 3.55. The highest BCUT2D eigenvalue weighted by Gasteiger charge is 2.14. The largest absolute Gasteiger partial charge is 0.350 e. The first-order chi connectivity index (χ1) is 8.58. The number of aryl methyl sites for hydroxylation is 2. The summed E-state index contributed by atoms with van der Waals surface area (Å²) in [6.07, 6.45) is 1.57. The number of H-pyrrole nitrogens is 1. The summed E-state index contributed by atoms with van der Waals surface area (Å²) in [6, 6.07) is 3.80. The maximum absolute atomic E-state index is 11.5. The Hall–Kier alpha value is -2.22. The van der Waals surface area contributed by atoms with Crippen LogP contribution in [-0.2, 0) is 13.0 Å². The van der Waals surface area contributed by atoms with Gasteiger partial charge in [-0.3, -0.25) is 24.5 Å². The summed E-state index contributed by atoms with van der Waals surface area (Å²) in [6.45, 7) is 0.289. The average Bonchev–Trinajstić information content (AvgIpc) is 2.80. The Morgan fingerprint density at radius 1 is 1.44 bits per heavy atom. The zero-order chi connectivity index (χ0) is 13.1. The van der Waals surface area contributed by atoms with Gasteiger partial charge in [-0.2, -0.15) is 0 Å². The minimum atomic E-state index is -0.975. The maximum Gasteiger partial charge on any atom is 0.350 e. The van der Waals surface area contributed by atoms with Crippen molar-refractivity contribution >= 4 is 17.0 Å². The van der Waals surface area contributed by atoms with Gasteiger partial charge in [0.1, 0.15) is 0 Å². The van der Waals surface area contributed by atoms with Gasteiger partial charge in [-0.25, -0.2) is 4.79 Å². The van der Waals surface area contributed by atoms with Gasteiger partial charge in [-0.05, 0) is 17.9 Å². The van der Waals surface area contributed by atoms with Crippen LogP contribution in [0, 0.1) is 10.1 Å². The van der Waals surface area contributed by atoms with Crippen LogP contribution in [0.4, 0.5) is 5.69 Å². The molecule has 0 aromatic carbocycles. The molecule has 0 bridgehead atoms. The first-order valence-electron chi connectivity index (χ1n) is 5.08. The minimum absolute atomic E-state index is 0.289. The molecule has 94 valence electrons. The molecular weight excluding hydrogens is 258 g/mol. The fraction of sp³-hybridized carbons (Fsp3) is 0.200. The normalized spacial score (nSPS) is 10.4. The van der Waals surface area contributed by atoms with Crippen molar-refractivity contribution in [2.45, 2.75) is 13.0 Å². The van der Waals surface area contributed by atoms with Crippen molar-refractivity contribution in [1.82, 2.24) is 9.55 Å². The molecule has 0 spiro atoms. The highest BCUT2D eigenvalue weighted by molar-refractivity contribution is 7.09. The first kappa shape index (κ1) is 12.2. The number of hydrogen-bond acceptors (Lipinski definition) is 5. The van der Waals surface area contributed by atoms with E-state index in [-0.39, 0.29) is 6.54 Å². The fourth-order valence-electron chi connectivity index (χ4n) is 1.48. The molecule has 7 nitrogen and oxygen atoms in total. The van der Waals surface area contributed by atoms with Gasteiger partial charge >= 0.3 is 16.9 Å². The van der Waals surface area contributed by atoms with Gasteiger partial charge < -0.3 is 0 Å². The highest BCUT2D eigenvalue weighted by atomic mass is 32.1. The number of aromatic nitrogens is 2. The van der Waals surface area contributed by atoms with E-state index in [0.29, 0.717) is 6.42 Å². The van der Waals surface area contributed by atoms with Crippen molar-refractivity contribution < 1.29 is 4.92 Å². The summed E-state index contributed by atoms with van der Waals surface area (Å²) < 4.78 is 1.14.